The van der Waals surface area contributed by atoms with Crippen LogP contribution in [0.5, 0.6) is 5.75 Å². The minimum Gasteiger partial charge on any atom is -0.480 e. The van der Waals surface area contributed by atoms with Gasteiger partial charge in [-0.1, -0.05) is 18.2 Å². The van der Waals surface area contributed by atoms with Gasteiger partial charge in [0.15, 0.2) is 6.10 Å². The second-order valence-corrected chi connectivity index (χ2v) is 6.64. The highest BCUT2D eigenvalue weighted by Gasteiger charge is 2.33. The van der Waals surface area contributed by atoms with Crippen LogP contribution in [0.3, 0.4) is 0 Å². The SMILES string of the molecule is CN(C)CCN(CC1CCCO1)C(=O)C1Cc2ccccc2O1. The monoisotopic (exact) mass is 318 g/mol. The number of ether oxygens (including phenoxy) is 2. The van der Waals surface area contributed by atoms with E-state index in [0.29, 0.717) is 19.5 Å². The lowest BCUT2D eigenvalue weighted by atomic mass is 10.1. The maximum atomic E-state index is 12.9. The van der Waals surface area contributed by atoms with Gasteiger partial charge in [0.2, 0.25) is 0 Å². The highest BCUT2D eigenvalue weighted by molar-refractivity contribution is 5.82. The van der Waals surface area contributed by atoms with Crippen LogP contribution in [0.2, 0.25) is 0 Å². The van der Waals surface area contributed by atoms with Crippen molar-refractivity contribution in [1.82, 2.24) is 9.80 Å². The molecule has 1 saturated heterocycles. The molecule has 23 heavy (non-hydrogen) atoms. The van der Waals surface area contributed by atoms with Gasteiger partial charge in [0.25, 0.3) is 5.91 Å². The molecule has 0 aromatic heterocycles. The average Bonchev–Trinajstić information content (AvgIpc) is 3.19. The Morgan fingerprint density at radius 1 is 1.26 bits per heavy atom. The first-order valence-corrected chi connectivity index (χ1v) is 8.43. The zero-order valence-electron chi connectivity index (χ0n) is 14.0. The van der Waals surface area contributed by atoms with E-state index in [1.165, 1.54) is 0 Å². The van der Waals surface area contributed by atoms with Crippen molar-refractivity contribution in [1.29, 1.82) is 0 Å². The van der Waals surface area contributed by atoms with Gasteiger partial charge in [0.05, 0.1) is 6.10 Å². The lowest BCUT2D eigenvalue weighted by Gasteiger charge is -2.28. The Bertz CT molecular complexity index is 516. The average molecular weight is 318 g/mol. The molecule has 5 nitrogen and oxygen atoms in total. The Hall–Kier alpha value is -1.59. The Kier molecular flexibility index (Phi) is 5.18. The van der Waals surface area contributed by atoms with Crippen molar-refractivity contribution in [2.45, 2.75) is 31.5 Å². The summed E-state index contributed by atoms with van der Waals surface area (Å²) in [6.07, 6.45) is 2.57. The Labute approximate surface area is 138 Å². The third-order valence-electron chi connectivity index (χ3n) is 4.50. The number of carbonyl (C=O) groups excluding carboxylic acids is 1. The van der Waals surface area contributed by atoms with E-state index in [1.54, 1.807) is 0 Å². The summed E-state index contributed by atoms with van der Waals surface area (Å²) < 4.78 is 11.6. The fraction of sp³-hybridized carbons (Fsp3) is 0.611. The molecule has 0 aliphatic carbocycles. The molecule has 2 heterocycles. The Balaban J connectivity index is 1.64. The molecule has 2 unspecified atom stereocenters. The van der Waals surface area contributed by atoms with Crippen molar-refractivity contribution in [2.24, 2.45) is 0 Å². The molecular weight excluding hydrogens is 292 g/mol. The van der Waals surface area contributed by atoms with Gasteiger partial charge in [-0.3, -0.25) is 4.79 Å². The second kappa shape index (κ2) is 7.32. The Morgan fingerprint density at radius 2 is 2.09 bits per heavy atom. The number of carbonyl (C=O) groups is 1. The zero-order valence-corrected chi connectivity index (χ0v) is 14.0. The molecule has 2 aliphatic rings. The fourth-order valence-electron chi connectivity index (χ4n) is 3.17. The quantitative estimate of drug-likeness (QED) is 0.798. The molecule has 1 aromatic carbocycles. The maximum absolute atomic E-state index is 12.9. The first-order chi connectivity index (χ1) is 11.1. The predicted molar refractivity (Wildman–Crippen MR) is 88.7 cm³/mol. The van der Waals surface area contributed by atoms with Crippen LogP contribution in [-0.2, 0) is 16.0 Å². The molecule has 0 bridgehead atoms. The van der Waals surface area contributed by atoms with Crippen molar-refractivity contribution in [3.63, 3.8) is 0 Å². The molecule has 0 saturated carbocycles. The number of amides is 1. The van der Waals surface area contributed by atoms with E-state index in [2.05, 4.69) is 4.90 Å². The van der Waals surface area contributed by atoms with Crippen LogP contribution < -0.4 is 4.74 Å². The van der Waals surface area contributed by atoms with E-state index in [9.17, 15) is 4.79 Å². The molecule has 0 spiro atoms. The molecule has 0 radical (unpaired) electrons. The van der Waals surface area contributed by atoms with Crippen molar-refractivity contribution in [3.8, 4) is 5.75 Å². The Morgan fingerprint density at radius 3 is 2.78 bits per heavy atom. The van der Waals surface area contributed by atoms with Gasteiger partial charge in [0, 0.05) is 32.7 Å². The highest BCUT2D eigenvalue weighted by Crippen LogP contribution is 2.29. The van der Waals surface area contributed by atoms with E-state index < -0.39 is 6.10 Å². The summed E-state index contributed by atoms with van der Waals surface area (Å²) in [5.74, 6) is 0.925. The fourth-order valence-corrected chi connectivity index (χ4v) is 3.17. The summed E-state index contributed by atoms with van der Waals surface area (Å²) in [6.45, 7) is 3.04. The summed E-state index contributed by atoms with van der Waals surface area (Å²) in [7, 11) is 4.05. The number of likely N-dealkylation sites (N-methyl/N-ethyl adjacent to an activating group) is 1. The van der Waals surface area contributed by atoms with Gasteiger partial charge in [-0.2, -0.15) is 0 Å². The summed E-state index contributed by atoms with van der Waals surface area (Å²) in [5.41, 5.74) is 1.12. The number of hydrogen-bond acceptors (Lipinski definition) is 4. The lowest BCUT2D eigenvalue weighted by molar-refractivity contribution is -0.139. The van der Waals surface area contributed by atoms with Crippen LogP contribution >= 0.6 is 0 Å². The van der Waals surface area contributed by atoms with E-state index in [0.717, 1.165) is 37.3 Å². The molecule has 1 fully saturated rings. The number of rotatable bonds is 6. The molecule has 126 valence electrons. The number of benzene rings is 1. The smallest absolute Gasteiger partial charge is 0.264 e. The first-order valence-electron chi connectivity index (χ1n) is 8.43. The minimum absolute atomic E-state index is 0.0820. The van der Waals surface area contributed by atoms with Crippen LogP contribution in [0.15, 0.2) is 24.3 Å². The van der Waals surface area contributed by atoms with Gasteiger partial charge in [-0.05, 0) is 38.6 Å². The van der Waals surface area contributed by atoms with Gasteiger partial charge in [-0.25, -0.2) is 0 Å². The van der Waals surface area contributed by atoms with Crippen LogP contribution in [0.4, 0.5) is 0 Å². The summed E-state index contributed by atoms with van der Waals surface area (Å²) in [5, 5.41) is 0. The van der Waals surface area contributed by atoms with Crippen molar-refractivity contribution in [2.75, 3.05) is 40.3 Å². The van der Waals surface area contributed by atoms with Crippen molar-refractivity contribution in [3.05, 3.63) is 29.8 Å². The van der Waals surface area contributed by atoms with Gasteiger partial charge in [-0.15, -0.1) is 0 Å². The normalized spacial score (nSPS) is 22.9. The standard InChI is InChI=1S/C18H26N2O3/c1-19(2)9-10-20(13-15-7-5-11-22-15)18(21)17-12-14-6-3-4-8-16(14)23-17/h3-4,6,8,15,17H,5,7,9-13H2,1-2H3. The molecule has 2 atom stereocenters. The van der Waals surface area contributed by atoms with Crippen LogP contribution in [0.1, 0.15) is 18.4 Å². The third-order valence-corrected chi connectivity index (χ3v) is 4.50. The van der Waals surface area contributed by atoms with E-state index >= 15 is 0 Å². The number of fused-ring (bicyclic) bond motifs is 1. The summed E-state index contributed by atoms with van der Waals surface area (Å²) >= 11 is 0. The molecule has 3 rings (SSSR count). The molecule has 1 amide bonds. The first kappa shape index (κ1) is 16.3. The number of hydrogen-bond donors (Lipinski definition) is 0. The largest absolute Gasteiger partial charge is 0.480 e. The van der Waals surface area contributed by atoms with Crippen LogP contribution in [0, 0.1) is 0 Å². The summed E-state index contributed by atoms with van der Waals surface area (Å²) in [6, 6.07) is 7.91. The maximum Gasteiger partial charge on any atom is 0.264 e. The lowest BCUT2D eigenvalue weighted by Crippen LogP contribution is -2.47. The number of nitrogens with zero attached hydrogens (tertiary/aromatic N) is 2. The molecular formula is C18H26N2O3. The van der Waals surface area contributed by atoms with E-state index in [4.69, 9.17) is 9.47 Å². The highest BCUT2D eigenvalue weighted by atomic mass is 16.5. The predicted octanol–water partition coefficient (Wildman–Crippen LogP) is 1.56. The molecule has 2 aliphatic heterocycles. The van der Waals surface area contributed by atoms with Gasteiger partial charge in [0.1, 0.15) is 5.75 Å². The van der Waals surface area contributed by atoms with Crippen molar-refractivity contribution >= 4 is 5.91 Å². The van der Waals surface area contributed by atoms with Crippen LogP contribution in [0.25, 0.3) is 0 Å². The van der Waals surface area contributed by atoms with Crippen LogP contribution in [-0.4, -0.2) is 68.3 Å². The van der Waals surface area contributed by atoms with Gasteiger partial charge >= 0.3 is 0 Å². The molecule has 1 aromatic rings. The summed E-state index contributed by atoms with van der Waals surface area (Å²) in [4.78, 5) is 17.0. The zero-order chi connectivity index (χ0) is 16.2. The minimum atomic E-state index is -0.393. The molecule has 0 N–H and O–H groups in total. The topological polar surface area (TPSA) is 42.0 Å². The number of para-hydroxylation sites is 1. The second-order valence-electron chi connectivity index (χ2n) is 6.64. The molecule has 5 heteroatoms. The van der Waals surface area contributed by atoms with E-state index in [1.807, 2.05) is 43.3 Å². The van der Waals surface area contributed by atoms with Gasteiger partial charge < -0.3 is 19.3 Å². The van der Waals surface area contributed by atoms with E-state index in [-0.39, 0.29) is 12.0 Å². The third kappa shape index (κ3) is 4.03. The van der Waals surface area contributed by atoms with Crippen molar-refractivity contribution < 1.29 is 14.3 Å².